The Labute approximate surface area is 240 Å². The zero-order chi connectivity index (χ0) is 28.6. The number of sulfonamides is 1. The van der Waals surface area contributed by atoms with Crippen molar-refractivity contribution < 1.29 is 18.0 Å². The quantitative estimate of drug-likeness (QED) is 0.314. The Morgan fingerprint density at radius 3 is 2.15 bits per heavy atom. The monoisotopic (exact) mass is 613 g/mol. The van der Waals surface area contributed by atoms with E-state index in [1.165, 1.54) is 4.90 Å². The van der Waals surface area contributed by atoms with E-state index in [9.17, 15) is 18.0 Å². The number of amides is 2. The zero-order valence-electron chi connectivity index (χ0n) is 22.8. The third-order valence-electron chi connectivity index (χ3n) is 6.20. The fourth-order valence-corrected chi connectivity index (χ4v) is 5.43. The predicted molar refractivity (Wildman–Crippen MR) is 160 cm³/mol. The van der Waals surface area contributed by atoms with Gasteiger partial charge in [0.1, 0.15) is 12.6 Å². The summed E-state index contributed by atoms with van der Waals surface area (Å²) in [6.45, 7) is 6.07. The predicted octanol–water partition coefficient (Wildman–Crippen LogP) is 4.94. The average molecular weight is 615 g/mol. The van der Waals surface area contributed by atoms with Crippen molar-refractivity contribution in [3.05, 3.63) is 100 Å². The van der Waals surface area contributed by atoms with Crippen molar-refractivity contribution in [2.24, 2.45) is 5.92 Å². The Bertz CT molecular complexity index is 1360. The molecule has 0 fully saturated rings. The molecule has 0 saturated carbocycles. The maximum absolute atomic E-state index is 14.0. The molecule has 1 N–H and O–H groups in total. The van der Waals surface area contributed by atoms with E-state index in [0.717, 1.165) is 31.7 Å². The van der Waals surface area contributed by atoms with Gasteiger partial charge in [0.15, 0.2) is 0 Å². The molecule has 39 heavy (non-hydrogen) atoms. The number of halogens is 1. The molecule has 3 rings (SSSR count). The molecular formula is C30H36BrN3O4S. The van der Waals surface area contributed by atoms with Gasteiger partial charge in [-0.15, -0.1) is 0 Å². The summed E-state index contributed by atoms with van der Waals surface area (Å²) in [5.41, 5.74) is 3.07. The average Bonchev–Trinajstić information content (AvgIpc) is 2.88. The van der Waals surface area contributed by atoms with E-state index >= 15 is 0 Å². The Hall–Kier alpha value is -3.17. The van der Waals surface area contributed by atoms with Gasteiger partial charge < -0.3 is 10.2 Å². The fourth-order valence-electron chi connectivity index (χ4n) is 4.13. The van der Waals surface area contributed by atoms with Crippen molar-refractivity contribution in [3.63, 3.8) is 0 Å². The van der Waals surface area contributed by atoms with E-state index in [2.05, 4.69) is 21.2 Å². The number of benzene rings is 3. The first-order valence-electron chi connectivity index (χ1n) is 12.8. The molecule has 9 heteroatoms. The van der Waals surface area contributed by atoms with Gasteiger partial charge in [-0.25, -0.2) is 8.42 Å². The molecule has 7 nitrogen and oxygen atoms in total. The molecule has 0 bridgehead atoms. The summed E-state index contributed by atoms with van der Waals surface area (Å²) < 4.78 is 27.6. The Balaban J connectivity index is 2.04. The van der Waals surface area contributed by atoms with Crippen molar-refractivity contribution in [3.8, 4) is 0 Å². The van der Waals surface area contributed by atoms with Crippen LogP contribution in [0.5, 0.6) is 0 Å². The minimum Gasteiger partial charge on any atom is -0.354 e. The van der Waals surface area contributed by atoms with Crippen LogP contribution in [0.25, 0.3) is 0 Å². The van der Waals surface area contributed by atoms with Gasteiger partial charge in [-0.05, 0) is 48.2 Å². The number of rotatable bonds is 12. The number of anilines is 1. The molecule has 208 valence electrons. The third-order valence-corrected chi connectivity index (χ3v) is 7.83. The SMILES string of the molecule is Cc1ccc(N(CC(=O)N(Cc2cccc(Br)c2)C(Cc2ccccc2)C(=O)NCC(C)C)S(C)(=O)=O)cc1. The van der Waals surface area contributed by atoms with Gasteiger partial charge in [0.2, 0.25) is 21.8 Å². The van der Waals surface area contributed by atoms with Crippen LogP contribution in [-0.2, 0) is 32.6 Å². The number of hydrogen-bond acceptors (Lipinski definition) is 4. The number of hydrogen-bond donors (Lipinski definition) is 1. The lowest BCUT2D eigenvalue weighted by atomic mass is 10.0. The first-order chi connectivity index (χ1) is 18.4. The molecule has 0 aliphatic carbocycles. The van der Waals surface area contributed by atoms with Crippen LogP contribution in [-0.4, -0.2) is 50.5 Å². The topological polar surface area (TPSA) is 86.8 Å². The molecule has 0 radical (unpaired) electrons. The van der Waals surface area contributed by atoms with E-state index < -0.39 is 28.5 Å². The molecule has 0 heterocycles. The molecule has 0 aliphatic heterocycles. The lowest BCUT2D eigenvalue weighted by Crippen LogP contribution is -2.53. The molecule has 1 unspecified atom stereocenters. The van der Waals surface area contributed by atoms with Gasteiger partial charge in [0.05, 0.1) is 11.9 Å². The fraction of sp³-hybridized carbons (Fsp3) is 0.333. The van der Waals surface area contributed by atoms with Gasteiger partial charge in [0.25, 0.3) is 0 Å². The maximum Gasteiger partial charge on any atom is 0.244 e. The second-order valence-electron chi connectivity index (χ2n) is 10.1. The summed E-state index contributed by atoms with van der Waals surface area (Å²) in [4.78, 5) is 29.1. The van der Waals surface area contributed by atoms with Crippen LogP contribution in [0.3, 0.4) is 0 Å². The largest absolute Gasteiger partial charge is 0.354 e. The lowest BCUT2D eigenvalue weighted by molar-refractivity contribution is -0.140. The van der Waals surface area contributed by atoms with Gasteiger partial charge in [-0.1, -0.05) is 89.9 Å². The third kappa shape index (κ3) is 9.21. The van der Waals surface area contributed by atoms with Crippen LogP contribution in [0.4, 0.5) is 5.69 Å². The highest BCUT2D eigenvalue weighted by atomic mass is 79.9. The molecule has 0 saturated heterocycles. The number of carbonyl (C=O) groups is 2. The summed E-state index contributed by atoms with van der Waals surface area (Å²) in [5.74, 6) is -0.526. The minimum absolute atomic E-state index is 0.135. The highest BCUT2D eigenvalue weighted by Crippen LogP contribution is 2.22. The number of carbonyl (C=O) groups excluding carboxylic acids is 2. The summed E-state index contributed by atoms with van der Waals surface area (Å²) >= 11 is 3.48. The second-order valence-corrected chi connectivity index (χ2v) is 12.9. The summed E-state index contributed by atoms with van der Waals surface area (Å²) in [6, 6.07) is 23.1. The van der Waals surface area contributed by atoms with E-state index in [0.29, 0.717) is 12.2 Å². The van der Waals surface area contributed by atoms with Crippen LogP contribution < -0.4 is 9.62 Å². The van der Waals surface area contributed by atoms with Crippen molar-refractivity contribution in [2.45, 2.75) is 39.8 Å². The van der Waals surface area contributed by atoms with Crippen molar-refractivity contribution in [2.75, 3.05) is 23.7 Å². The van der Waals surface area contributed by atoms with E-state index in [4.69, 9.17) is 0 Å². The molecule has 1 atom stereocenters. The van der Waals surface area contributed by atoms with Gasteiger partial charge in [-0.2, -0.15) is 0 Å². The Morgan fingerprint density at radius 1 is 0.923 bits per heavy atom. The van der Waals surface area contributed by atoms with Crippen LogP contribution in [0.15, 0.2) is 83.3 Å². The lowest BCUT2D eigenvalue weighted by Gasteiger charge is -2.33. The molecule has 0 aliphatic rings. The van der Waals surface area contributed by atoms with Crippen molar-refractivity contribution in [1.29, 1.82) is 0 Å². The standard InChI is InChI=1S/C30H36BrN3O4S/c1-22(2)19-32-30(36)28(18-24-9-6-5-7-10-24)33(20-25-11-8-12-26(31)17-25)29(35)21-34(39(4,37)38)27-15-13-23(3)14-16-27/h5-17,22,28H,18-21H2,1-4H3,(H,32,36). The highest BCUT2D eigenvalue weighted by Gasteiger charge is 2.33. The van der Waals surface area contributed by atoms with Gasteiger partial charge in [0, 0.05) is 24.0 Å². The molecule has 0 aromatic heterocycles. The van der Waals surface area contributed by atoms with Crippen LogP contribution in [0.2, 0.25) is 0 Å². The molecule has 0 spiro atoms. The zero-order valence-corrected chi connectivity index (χ0v) is 25.2. The normalized spacial score (nSPS) is 12.2. The van der Waals surface area contributed by atoms with Crippen LogP contribution in [0, 0.1) is 12.8 Å². The van der Waals surface area contributed by atoms with Gasteiger partial charge in [-0.3, -0.25) is 13.9 Å². The summed E-state index contributed by atoms with van der Waals surface area (Å²) in [5, 5.41) is 2.98. The first-order valence-corrected chi connectivity index (χ1v) is 15.5. The molecular weight excluding hydrogens is 578 g/mol. The summed E-state index contributed by atoms with van der Waals surface area (Å²) in [6.07, 6.45) is 1.36. The molecule has 3 aromatic carbocycles. The number of aryl methyl sites for hydroxylation is 1. The summed E-state index contributed by atoms with van der Waals surface area (Å²) in [7, 11) is -3.79. The highest BCUT2D eigenvalue weighted by molar-refractivity contribution is 9.10. The van der Waals surface area contributed by atoms with Crippen molar-refractivity contribution in [1.82, 2.24) is 10.2 Å². The van der Waals surface area contributed by atoms with Crippen LogP contribution >= 0.6 is 15.9 Å². The Kier molecular flexibility index (Phi) is 10.7. The Morgan fingerprint density at radius 2 is 1.56 bits per heavy atom. The number of nitrogens with one attached hydrogen (secondary N) is 1. The molecule has 3 aromatic rings. The van der Waals surface area contributed by atoms with Crippen LogP contribution in [0.1, 0.15) is 30.5 Å². The van der Waals surface area contributed by atoms with E-state index in [-0.39, 0.29) is 24.8 Å². The molecule has 2 amide bonds. The maximum atomic E-state index is 14.0. The van der Waals surface area contributed by atoms with Gasteiger partial charge >= 0.3 is 0 Å². The first kappa shape index (κ1) is 30.4. The number of nitrogens with zero attached hydrogens (tertiary/aromatic N) is 2. The van der Waals surface area contributed by atoms with Crippen molar-refractivity contribution >= 4 is 43.5 Å². The van der Waals surface area contributed by atoms with E-state index in [1.54, 1.807) is 24.3 Å². The smallest absolute Gasteiger partial charge is 0.244 e. The van der Waals surface area contributed by atoms with E-state index in [1.807, 2.05) is 75.4 Å². The minimum atomic E-state index is -3.79. The second kappa shape index (κ2) is 13.8.